The first-order valence-electron chi connectivity index (χ1n) is 15.1. The number of nitrogens with zero attached hydrogens (tertiary/aromatic N) is 1. The fourth-order valence-electron chi connectivity index (χ4n) is 5.69. The lowest BCUT2D eigenvalue weighted by molar-refractivity contribution is -0.173. The van der Waals surface area contributed by atoms with Crippen molar-refractivity contribution in [1.29, 1.82) is 0 Å². The van der Waals surface area contributed by atoms with E-state index in [1.54, 1.807) is 16.1 Å². The van der Waals surface area contributed by atoms with Gasteiger partial charge in [-0.25, -0.2) is 4.79 Å². The summed E-state index contributed by atoms with van der Waals surface area (Å²) in [4.78, 5) is 38.7. The maximum Gasteiger partial charge on any atom is 0.471 e. The highest BCUT2D eigenvalue weighted by molar-refractivity contribution is 8.76. The number of hydrogen-bond donors (Lipinski definition) is 2. The molecule has 1 aromatic heterocycles. The van der Waals surface area contributed by atoms with Gasteiger partial charge >= 0.3 is 17.8 Å². The number of carbonyl (C=O) groups is 1. The minimum absolute atomic E-state index is 0.148. The van der Waals surface area contributed by atoms with Gasteiger partial charge in [-0.1, -0.05) is 115 Å². The highest BCUT2D eigenvalue weighted by Crippen LogP contribution is 2.39. The number of amides is 1. The molecule has 0 spiro atoms. The number of H-pyrrole nitrogens is 1. The standard InChI is InChI=1S/C33H38F3N3O6S2Si/c1-22(47-46-5)44-26-19-28(39-20-23(29(40)38-31(39)42)13-12-18-37-30(41)33(34,35)36)45-27(26)21-43-48(32(2,3)4,24-14-8-6-9-15-24)25-16-10-7-11-17-25/h6-11,14-17,20,22,26-28H,18-19,21H2,1-5H3,(H,37,41)(H,38,40,42)/t22-,26+,27+,28+/m0/s1. The molecule has 9 nitrogen and oxygen atoms in total. The SMILES string of the molecule is CSS[C@@H](C)O[C@@H]1C[C@H](n2cc(C#CCNC(=O)C(F)(F)F)c(=O)[nH]c2=O)O[C@@H]1CO[Si](c1ccccc1)(c1ccccc1)C(C)(C)C. The minimum atomic E-state index is -5.06. The number of nitrogens with one attached hydrogen (secondary N) is 2. The van der Waals surface area contributed by atoms with Crippen molar-refractivity contribution < 1.29 is 31.9 Å². The second-order valence-corrected chi connectivity index (χ2v) is 19.1. The Morgan fingerprint density at radius 3 is 2.25 bits per heavy atom. The predicted octanol–water partition coefficient (Wildman–Crippen LogP) is 4.17. The second kappa shape index (κ2) is 16.0. The van der Waals surface area contributed by atoms with E-state index in [4.69, 9.17) is 13.9 Å². The maximum atomic E-state index is 13.0. The highest BCUT2D eigenvalue weighted by atomic mass is 33.1. The second-order valence-electron chi connectivity index (χ2n) is 12.0. The lowest BCUT2D eigenvalue weighted by atomic mass is 10.2. The van der Waals surface area contributed by atoms with Crippen LogP contribution < -0.4 is 26.9 Å². The van der Waals surface area contributed by atoms with Gasteiger partial charge < -0.3 is 19.2 Å². The number of ether oxygens (including phenoxy) is 2. The third-order valence-corrected chi connectivity index (χ3v) is 14.7. The number of hydrogen-bond acceptors (Lipinski definition) is 8. The summed E-state index contributed by atoms with van der Waals surface area (Å²) >= 11 is 0. The van der Waals surface area contributed by atoms with Crippen molar-refractivity contribution in [3.05, 3.63) is 93.3 Å². The molecule has 1 fully saturated rings. The van der Waals surface area contributed by atoms with Crippen LogP contribution in [-0.4, -0.2) is 67.0 Å². The van der Waals surface area contributed by atoms with Crippen LogP contribution in [0, 0.1) is 11.8 Å². The summed E-state index contributed by atoms with van der Waals surface area (Å²) in [6.07, 6.45) is -3.64. The number of rotatable bonds is 11. The van der Waals surface area contributed by atoms with Gasteiger partial charge in [0, 0.05) is 12.6 Å². The van der Waals surface area contributed by atoms with Crippen LogP contribution in [0.4, 0.5) is 13.2 Å². The largest absolute Gasteiger partial charge is 0.471 e. The van der Waals surface area contributed by atoms with E-state index < -0.39 is 56.6 Å². The zero-order valence-corrected chi connectivity index (χ0v) is 29.8. The lowest BCUT2D eigenvalue weighted by Crippen LogP contribution is -2.67. The maximum absolute atomic E-state index is 13.0. The number of alkyl halides is 3. The number of benzene rings is 2. The first-order valence-corrected chi connectivity index (χ1v) is 19.6. The van der Waals surface area contributed by atoms with Gasteiger partial charge in [-0.15, -0.1) is 0 Å². The van der Waals surface area contributed by atoms with Crippen molar-refractivity contribution in [3.8, 4) is 11.8 Å². The van der Waals surface area contributed by atoms with E-state index in [-0.39, 0.29) is 29.1 Å². The Labute approximate surface area is 285 Å². The quantitative estimate of drug-likeness (QED) is 0.132. The van der Waals surface area contributed by atoms with Gasteiger partial charge in [0.2, 0.25) is 0 Å². The first kappa shape index (κ1) is 37.6. The molecule has 15 heteroatoms. The molecule has 0 saturated carbocycles. The van der Waals surface area contributed by atoms with Crippen LogP contribution in [0.5, 0.6) is 0 Å². The summed E-state index contributed by atoms with van der Waals surface area (Å²) in [6, 6.07) is 20.3. The molecule has 4 atom stereocenters. The molecule has 3 aromatic rings. The van der Waals surface area contributed by atoms with Crippen molar-refractivity contribution in [2.24, 2.45) is 0 Å². The molecule has 258 valence electrons. The molecular formula is C33H38F3N3O6S2Si. The van der Waals surface area contributed by atoms with Crippen LogP contribution in [0.1, 0.15) is 45.9 Å². The number of carbonyl (C=O) groups excluding carboxylic acids is 1. The van der Waals surface area contributed by atoms with Gasteiger partial charge in [0.05, 0.1) is 19.3 Å². The van der Waals surface area contributed by atoms with Crippen molar-refractivity contribution in [2.45, 2.75) is 69.2 Å². The Kier molecular flexibility index (Phi) is 12.5. The normalized spacial score (nSPS) is 19.0. The zero-order valence-electron chi connectivity index (χ0n) is 27.1. The lowest BCUT2D eigenvalue weighted by Gasteiger charge is -2.43. The van der Waals surface area contributed by atoms with Crippen LogP contribution in [0.3, 0.4) is 0 Å². The number of aromatic nitrogens is 2. The number of aromatic amines is 1. The molecule has 1 saturated heterocycles. The molecule has 2 heterocycles. The molecule has 1 aliphatic heterocycles. The molecule has 2 N–H and O–H groups in total. The molecule has 2 aromatic carbocycles. The van der Waals surface area contributed by atoms with Crippen molar-refractivity contribution in [2.75, 3.05) is 19.4 Å². The van der Waals surface area contributed by atoms with Crippen LogP contribution in [0.2, 0.25) is 5.04 Å². The number of halogens is 3. The van der Waals surface area contributed by atoms with Crippen LogP contribution in [0.15, 0.2) is 76.4 Å². The Morgan fingerprint density at radius 2 is 1.71 bits per heavy atom. The van der Waals surface area contributed by atoms with E-state index in [0.29, 0.717) is 0 Å². The van der Waals surface area contributed by atoms with Gasteiger partial charge in [-0.05, 0) is 28.6 Å². The summed E-state index contributed by atoms with van der Waals surface area (Å²) in [5.74, 6) is 2.60. The van der Waals surface area contributed by atoms with Crippen molar-refractivity contribution >= 4 is 46.2 Å². The van der Waals surface area contributed by atoms with E-state index in [2.05, 4.69) is 61.9 Å². The highest BCUT2D eigenvalue weighted by Gasteiger charge is 2.51. The molecule has 0 aliphatic carbocycles. The summed E-state index contributed by atoms with van der Waals surface area (Å²) in [5.41, 5.74) is -1.98. The van der Waals surface area contributed by atoms with Crippen LogP contribution >= 0.6 is 21.6 Å². The summed E-state index contributed by atoms with van der Waals surface area (Å²) < 4.78 is 58.6. The van der Waals surface area contributed by atoms with E-state index in [0.717, 1.165) is 10.4 Å². The Hall–Kier alpha value is -3.26. The van der Waals surface area contributed by atoms with Crippen molar-refractivity contribution in [1.82, 2.24) is 14.9 Å². The van der Waals surface area contributed by atoms with Crippen LogP contribution in [0.25, 0.3) is 0 Å². The minimum Gasteiger partial charge on any atom is -0.405 e. The van der Waals surface area contributed by atoms with E-state index in [9.17, 15) is 27.6 Å². The average Bonchev–Trinajstić information content (AvgIpc) is 3.42. The third-order valence-electron chi connectivity index (χ3n) is 7.76. The first-order chi connectivity index (χ1) is 22.7. The van der Waals surface area contributed by atoms with Gasteiger partial charge in [0.15, 0.2) is 0 Å². The van der Waals surface area contributed by atoms with Crippen LogP contribution in [-0.2, 0) is 18.7 Å². The molecule has 4 rings (SSSR count). The molecule has 0 unspecified atom stereocenters. The summed E-state index contributed by atoms with van der Waals surface area (Å²) in [6.45, 7) is 7.92. The molecule has 1 amide bonds. The van der Waals surface area contributed by atoms with Gasteiger partial charge in [0.1, 0.15) is 23.3 Å². The Balaban J connectivity index is 1.66. The zero-order chi connectivity index (χ0) is 35.1. The smallest absolute Gasteiger partial charge is 0.405 e. The monoisotopic (exact) mass is 721 g/mol. The van der Waals surface area contributed by atoms with E-state index in [1.165, 1.54) is 21.6 Å². The van der Waals surface area contributed by atoms with E-state index in [1.807, 2.05) is 49.6 Å². The van der Waals surface area contributed by atoms with E-state index >= 15 is 0 Å². The molecule has 0 bridgehead atoms. The Bertz CT molecular complexity index is 1680. The van der Waals surface area contributed by atoms with Gasteiger partial charge in [-0.2, -0.15) is 13.2 Å². The summed E-state index contributed by atoms with van der Waals surface area (Å²) in [5, 5.41) is 3.51. The molecular weight excluding hydrogens is 684 g/mol. The average molecular weight is 722 g/mol. The van der Waals surface area contributed by atoms with Crippen molar-refractivity contribution in [3.63, 3.8) is 0 Å². The third kappa shape index (κ3) is 8.85. The van der Waals surface area contributed by atoms with Gasteiger partial charge in [-0.3, -0.25) is 19.1 Å². The topological polar surface area (TPSA) is 112 Å². The Morgan fingerprint density at radius 1 is 1.10 bits per heavy atom. The van der Waals surface area contributed by atoms with Gasteiger partial charge in [0.25, 0.3) is 13.9 Å². The molecule has 1 aliphatic rings. The predicted molar refractivity (Wildman–Crippen MR) is 185 cm³/mol. The fraction of sp³-hybridized carbons (Fsp3) is 0.424. The molecule has 48 heavy (non-hydrogen) atoms. The molecule has 0 radical (unpaired) electrons. The summed E-state index contributed by atoms with van der Waals surface area (Å²) in [7, 11) is 0.138. The fourth-order valence-corrected chi connectivity index (χ4v) is 11.7.